The molecular weight excluding hydrogens is 264 g/mol. The fourth-order valence-corrected chi connectivity index (χ4v) is 2.32. The molecule has 2 rings (SSSR count). The Kier molecular flexibility index (Phi) is 12.2. The van der Waals surface area contributed by atoms with Crippen LogP contribution in [0.25, 0.3) is 0 Å². The zero-order valence-electron chi connectivity index (χ0n) is 15.4. The van der Waals surface area contributed by atoms with Gasteiger partial charge in [0.25, 0.3) is 0 Å². The second-order valence-electron chi connectivity index (χ2n) is 5.35. The Morgan fingerprint density at radius 1 is 0.591 bits per heavy atom. The SMILES string of the molecule is CC.CCCc1ccccc1C.CCCc1ccccc1C. The number of hydrogen-bond donors (Lipinski definition) is 0. The molecule has 0 aromatic heterocycles. The molecule has 0 fully saturated rings. The third-order valence-corrected chi connectivity index (χ3v) is 3.56. The van der Waals surface area contributed by atoms with Gasteiger partial charge in [-0.2, -0.15) is 0 Å². The van der Waals surface area contributed by atoms with E-state index in [0.29, 0.717) is 0 Å². The summed E-state index contributed by atoms with van der Waals surface area (Å²) in [5.41, 5.74) is 5.82. The zero-order chi connectivity index (χ0) is 16.8. The number of rotatable bonds is 4. The van der Waals surface area contributed by atoms with Gasteiger partial charge < -0.3 is 0 Å². The summed E-state index contributed by atoms with van der Waals surface area (Å²) in [5.74, 6) is 0. The van der Waals surface area contributed by atoms with Crippen LogP contribution in [0.3, 0.4) is 0 Å². The molecule has 0 saturated carbocycles. The van der Waals surface area contributed by atoms with Crippen molar-refractivity contribution in [3.63, 3.8) is 0 Å². The van der Waals surface area contributed by atoms with Gasteiger partial charge >= 0.3 is 0 Å². The molecule has 0 N–H and O–H groups in total. The van der Waals surface area contributed by atoms with Gasteiger partial charge in [-0.15, -0.1) is 0 Å². The van der Waals surface area contributed by atoms with E-state index < -0.39 is 0 Å². The molecule has 0 amide bonds. The van der Waals surface area contributed by atoms with Gasteiger partial charge in [-0.3, -0.25) is 0 Å². The Hall–Kier alpha value is -1.56. The summed E-state index contributed by atoms with van der Waals surface area (Å²) < 4.78 is 0. The van der Waals surface area contributed by atoms with Gasteiger partial charge in [0, 0.05) is 0 Å². The van der Waals surface area contributed by atoms with Crippen molar-refractivity contribution in [1.29, 1.82) is 0 Å². The second kappa shape index (κ2) is 13.1. The molecule has 0 unspecified atom stereocenters. The lowest BCUT2D eigenvalue weighted by molar-refractivity contribution is 0.913. The van der Waals surface area contributed by atoms with Crippen LogP contribution in [0.5, 0.6) is 0 Å². The van der Waals surface area contributed by atoms with E-state index in [9.17, 15) is 0 Å². The first-order valence-electron chi connectivity index (χ1n) is 8.78. The smallest absolute Gasteiger partial charge is 0.0279 e. The Bertz CT molecular complexity index is 449. The predicted octanol–water partition coefficient (Wildman–Crippen LogP) is 6.92. The van der Waals surface area contributed by atoms with Crippen molar-refractivity contribution >= 4 is 0 Å². The molecule has 0 saturated heterocycles. The summed E-state index contributed by atoms with van der Waals surface area (Å²) in [7, 11) is 0. The minimum Gasteiger partial charge on any atom is -0.0683 e. The maximum absolute atomic E-state index is 2.21. The molecule has 2 aromatic carbocycles. The van der Waals surface area contributed by atoms with E-state index in [1.807, 2.05) is 13.8 Å². The number of hydrogen-bond acceptors (Lipinski definition) is 0. The topological polar surface area (TPSA) is 0 Å². The molecule has 0 radical (unpaired) electrons. The third-order valence-electron chi connectivity index (χ3n) is 3.56. The molecule has 122 valence electrons. The van der Waals surface area contributed by atoms with Crippen molar-refractivity contribution in [3.8, 4) is 0 Å². The van der Waals surface area contributed by atoms with Crippen LogP contribution >= 0.6 is 0 Å². The summed E-state index contributed by atoms with van der Waals surface area (Å²) in [5, 5.41) is 0. The van der Waals surface area contributed by atoms with E-state index in [1.165, 1.54) is 47.9 Å². The van der Waals surface area contributed by atoms with Crippen molar-refractivity contribution < 1.29 is 0 Å². The molecule has 0 spiro atoms. The highest BCUT2D eigenvalue weighted by atomic mass is 14.0. The van der Waals surface area contributed by atoms with Gasteiger partial charge in [0.05, 0.1) is 0 Å². The lowest BCUT2D eigenvalue weighted by Gasteiger charge is -2.01. The highest BCUT2D eigenvalue weighted by Gasteiger charge is 1.93. The van der Waals surface area contributed by atoms with Gasteiger partial charge in [-0.1, -0.05) is 89.1 Å². The van der Waals surface area contributed by atoms with Crippen LogP contribution in [-0.2, 0) is 12.8 Å². The minimum absolute atomic E-state index is 1.21. The standard InChI is InChI=1S/2C10H14.C2H6/c2*1-3-6-10-8-5-4-7-9(10)2;1-2/h2*4-5,7-8H,3,6H2,1-2H3;1-2H3. The third kappa shape index (κ3) is 8.02. The zero-order valence-corrected chi connectivity index (χ0v) is 15.4. The first-order valence-corrected chi connectivity index (χ1v) is 8.78. The molecule has 0 heteroatoms. The Balaban J connectivity index is 0.000000360. The second-order valence-corrected chi connectivity index (χ2v) is 5.35. The predicted molar refractivity (Wildman–Crippen MR) is 102 cm³/mol. The summed E-state index contributed by atoms with van der Waals surface area (Å²) in [6, 6.07) is 17.2. The van der Waals surface area contributed by atoms with Crippen LogP contribution in [0.4, 0.5) is 0 Å². The fourth-order valence-electron chi connectivity index (χ4n) is 2.32. The van der Waals surface area contributed by atoms with E-state index >= 15 is 0 Å². The summed E-state index contributed by atoms with van der Waals surface area (Å²) >= 11 is 0. The highest BCUT2D eigenvalue weighted by molar-refractivity contribution is 5.26. The molecule has 0 atom stereocenters. The van der Waals surface area contributed by atoms with Gasteiger partial charge in [0.1, 0.15) is 0 Å². The Morgan fingerprint density at radius 2 is 0.909 bits per heavy atom. The molecule has 0 aliphatic rings. The first kappa shape index (κ1) is 20.4. The van der Waals surface area contributed by atoms with E-state index in [4.69, 9.17) is 0 Å². The van der Waals surface area contributed by atoms with Crippen LogP contribution in [0.15, 0.2) is 48.5 Å². The van der Waals surface area contributed by atoms with Crippen LogP contribution in [0.2, 0.25) is 0 Å². The van der Waals surface area contributed by atoms with Crippen molar-refractivity contribution in [2.24, 2.45) is 0 Å². The fraction of sp³-hybridized carbons (Fsp3) is 0.455. The molecule has 0 aliphatic carbocycles. The molecule has 0 heterocycles. The van der Waals surface area contributed by atoms with Gasteiger partial charge in [-0.25, -0.2) is 0 Å². The lowest BCUT2D eigenvalue weighted by atomic mass is 10.1. The number of aryl methyl sites for hydroxylation is 4. The van der Waals surface area contributed by atoms with Crippen molar-refractivity contribution in [3.05, 3.63) is 70.8 Å². The van der Waals surface area contributed by atoms with Crippen LogP contribution in [-0.4, -0.2) is 0 Å². The van der Waals surface area contributed by atoms with Crippen molar-refractivity contribution in [2.45, 2.75) is 67.2 Å². The normalized spacial score (nSPS) is 9.18. The van der Waals surface area contributed by atoms with Crippen LogP contribution in [0.1, 0.15) is 62.8 Å². The molecule has 2 aromatic rings. The molecular formula is C22H34. The average Bonchev–Trinajstić information content (AvgIpc) is 2.55. The average molecular weight is 299 g/mol. The van der Waals surface area contributed by atoms with Gasteiger partial charge in [0.2, 0.25) is 0 Å². The first-order chi connectivity index (χ1) is 10.7. The van der Waals surface area contributed by atoms with Crippen LogP contribution in [0, 0.1) is 13.8 Å². The monoisotopic (exact) mass is 298 g/mol. The molecule has 0 nitrogen and oxygen atoms in total. The number of benzene rings is 2. The minimum atomic E-state index is 1.21. The highest BCUT2D eigenvalue weighted by Crippen LogP contribution is 2.09. The summed E-state index contributed by atoms with van der Waals surface area (Å²) in [6.07, 6.45) is 4.91. The van der Waals surface area contributed by atoms with Crippen molar-refractivity contribution in [2.75, 3.05) is 0 Å². The lowest BCUT2D eigenvalue weighted by Crippen LogP contribution is -1.85. The van der Waals surface area contributed by atoms with Gasteiger partial charge in [0.15, 0.2) is 0 Å². The van der Waals surface area contributed by atoms with Crippen LogP contribution < -0.4 is 0 Å². The maximum Gasteiger partial charge on any atom is -0.0279 e. The van der Waals surface area contributed by atoms with E-state index in [2.05, 4.69) is 76.2 Å². The maximum atomic E-state index is 2.21. The summed E-state index contributed by atoms with van der Waals surface area (Å²) in [6.45, 7) is 12.8. The van der Waals surface area contributed by atoms with Gasteiger partial charge in [-0.05, 0) is 48.9 Å². The Morgan fingerprint density at radius 3 is 1.18 bits per heavy atom. The van der Waals surface area contributed by atoms with Crippen molar-refractivity contribution in [1.82, 2.24) is 0 Å². The Labute approximate surface area is 138 Å². The molecule has 0 bridgehead atoms. The quantitative estimate of drug-likeness (QED) is 0.574. The molecule has 22 heavy (non-hydrogen) atoms. The summed E-state index contributed by atoms with van der Waals surface area (Å²) in [4.78, 5) is 0. The van der Waals surface area contributed by atoms with E-state index in [1.54, 1.807) is 0 Å². The van der Waals surface area contributed by atoms with E-state index in [0.717, 1.165) is 0 Å². The van der Waals surface area contributed by atoms with E-state index in [-0.39, 0.29) is 0 Å². The molecule has 0 aliphatic heterocycles. The largest absolute Gasteiger partial charge is 0.0683 e.